The maximum absolute atomic E-state index is 13.6. The molecule has 3 aromatic rings. The molecule has 0 unspecified atom stereocenters. The van der Waals surface area contributed by atoms with Crippen molar-refractivity contribution in [3.63, 3.8) is 0 Å². The fourth-order valence-electron chi connectivity index (χ4n) is 7.08. The van der Waals surface area contributed by atoms with Crippen molar-refractivity contribution in [2.75, 3.05) is 13.2 Å². The van der Waals surface area contributed by atoms with Crippen molar-refractivity contribution in [2.45, 2.75) is 101 Å². The van der Waals surface area contributed by atoms with E-state index in [9.17, 15) is 9.59 Å². The number of rotatable bonds is 12. The molecule has 4 aliphatic rings. The highest BCUT2D eigenvalue weighted by Crippen LogP contribution is 2.52. The van der Waals surface area contributed by atoms with Crippen LogP contribution >= 0.6 is 0 Å². The Morgan fingerprint density at radius 2 is 1.00 bits per heavy atom. The van der Waals surface area contributed by atoms with Gasteiger partial charge in [0.25, 0.3) is 0 Å². The molecule has 4 fully saturated rings. The van der Waals surface area contributed by atoms with Crippen molar-refractivity contribution in [3.8, 4) is 0 Å². The molecule has 0 bridgehead atoms. The third-order valence-electron chi connectivity index (χ3n) is 9.33. The van der Waals surface area contributed by atoms with E-state index >= 15 is 0 Å². The summed E-state index contributed by atoms with van der Waals surface area (Å²) < 4.78 is 43.5. The number of ketones is 2. The lowest BCUT2D eigenvalue weighted by atomic mass is 9.94. The Morgan fingerprint density at radius 3 is 1.40 bits per heavy atom. The minimum Gasteiger partial charge on any atom is -0.472 e. The van der Waals surface area contributed by atoms with Gasteiger partial charge >= 0.3 is 0 Å². The number of Topliss-reactive ketones (excluding diaryl/α,β-unsaturated/α-hetero) is 2. The summed E-state index contributed by atoms with van der Waals surface area (Å²) in [5.74, 6) is -2.08. The summed E-state index contributed by atoms with van der Waals surface area (Å²) in [4.78, 5) is 27.3. The van der Waals surface area contributed by atoms with Gasteiger partial charge in [-0.2, -0.15) is 0 Å². The van der Waals surface area contributed by atoms with Gasteiger partial charge in [-0.3, -0.25) is 9.59 Å². The van der Waals surface area contributed by atoms with Crippen LogP contribution in [0.25, 0.3) is 0 Å². The summed E-state index contributed by atoms with van der Waals surface area (Å²) in [7, 11) is 0. The molecule has 9 nitrogen and oxygen atoms in total. The van der Waals surface area contributed by atoms with E-state index < -0.39 is 36.0 Å². The van der Waals surface area contributed by atoms with Crippen LogP contribution in [0, 0.1) is 0 Å². The highest BCUT2D eigenvalue weighted by molar-refractivity contribution is 5.86. The molecule has 2 spiro atoms. The van der Waals surface area contributed by atoms with Crippen LogP contribution in [0.15, 0.2) is 77.6 Å². The van der Waals surface area contributed by atoms with Gasteiger partial charge in [-0.25, -0.2) is 0 Å². The van der Waals surface area contributed by atoms with E-state index in [0.717, 1.165) is 36.8 Å². The van der Waals surface area contributed by atoms with E-state index in [0.29, 0.717) is 50.0 Å². The topological polar surface area (TPSA) is 103 Å². The lowest BCUT2D eigenvalue weighted by Crippen LogP contribution is -2.33. The van der Waals surface area contributed by atoms with Crippen LogP contribution < -0.4 is 0 Å². The number of furan rings is 1. The second-order valence-electron chi connectivity index (χ2n) is 12.6. The van der Waals surface area contributed by atoms with Crippen molar-refractivity contribution in [1.82, 2.24) is 0 Å². The van der Waals surface area contributed by atoms with Gasteiger partial charge < -0.3 is 32.8 Å². The Morgan fingerprint density at radius 1 is 0.600 bits per heavy atom. The smallest absolute Gasteiger partial charge is 0.190 e. The zero-order valence-corrected chi connectivity index (χ0v) is 25.4. The van der Waals surface area contributed by atoms with Crippen LogP contribution in [0.1, 0.15) is 85.8 Å². The van der Waals surface area contributed by atoms with Gasteiger partial charge in [-0.05, 0) is 36.8 Å². The minimum absolute atomic E-state index is 0.116. The highest BCUT2D eigenvalue weighted by atomic mass is 16.8. The van der Waals surface area contributed by atoms with Gasteiger partial charge in [0.2, 0.25) is 0 Å². The van der Waals surface area contributed by atoms with E-state index in [-0.39, 0.29) is 24.8 Å². The minimum atomic E-state index is -0.888. The summed E-state index contributed by atoms with van der Waals surface area (Å²) in [6.07, 6.45) is 6.56. The molecule has 2 aliphatic heterocycles. The summed E-state index contributed by atoms with van der Waals surface area (Å²) in [6.45, 7) is 0.403. The van der Waals surface area contributed by atoms with Crippen LogP contribution in [0.3, 0.4) is 0 Å². The highest BCUT2D eigenvalue weighted by Gasteiger charge is 2.56. The predicted molar refractivity (Wildman–Crippen MR) is 161 cm³/mol. The second-order valence-corrected chi connectivity index (χ2v) is 12.6. The average molecular weight is 617 g/mol. The van der Waals surface area contributed by atoms with Crippen LogP contribution in [0.5, 0.6) is 0 Å². The van der Waals surface area contributed by atoms with Gasteiger partial charge in [0.15, 0.2) is 35.3 Å². The van der Waals surface area contributed by atoms with E-state index in [1.807, 2.05) is 60.7 Å². The number of ether oxygens (including phenoxy) is 6. The maximum Gasteiger partial charge on any atom is 0.190 e. The van der Waals surface area contributed by atoms with Crippen LogP contribution in [0.4, 0.5) is 0 Å². The van der Waals surface area contributed by atoms with Crippen molar-refractivity contribution in [3.05, 3.63) is 95.4 Å². The molecule has 7 rings (SSSR count). The van der Waals surface area contributed by atoms with Crippen LogP contribution in [-0.2, 0) is 51.2 Å². The molecular weight excluding hydrogens is 576 g/mol. The molecule has 2 aliphatic carbocycles. The lowest BCUT2D eigenvalue weighted by molar-refractivity contribution is -0.175. The number of carbonyl (C=O) groups excluding carboxylic acids is 2. The molecule has 2 saturated heterocycles. The Kier molecular flexibility index (Phi) is 8.99. The third-order valence-corrected chi connectivity index (χ3v) is 9.33. The number of benzene rings is 2. The second kappa shape index (κ2) is 13.3. The molecule has 2 saturated carbocycles. The Balaban J connectivity index is 1.10. The SMILES string of the molecule is O=C(COCc1ccccc1)[C@@H]1OC2(CCCC2)O[C@H]1c1cocc1[C@@H]1OC2(CCCC2)O[C@H]1C(=O)COCc1ccccc1. The summed E-state index contributed by atoms with van der Waals surface area (Å²) >= 11 is 0. The first-order chi connectivity index (χ1) is 22.0. The normalized spacial score (nSPS) is 26.7. The molecule has 2 aromatic carbocycles. The number of carbonyl (C=O) groups is 2. The standard InChI is InChI=1S/C36H40O9/c37-29(23-39-19-25-11-3-1-4-12-25)33-31(42-35(44-33)15-7-8-16-35)27-21-41-22-28(27)32-34(45-36(43-32)17-9-10-18-36)30(38)24-40-20-26-13-5-2-6-14-26/h1-6,11-14,21-22,31-34H,7-10,15-20,23-24H2/t31-,32-,33-,34-/m0/s1. The molecule has 238 valence electrons. The van der Waals surface area contributed by atoms with E-state index in [2.05, 4.69) is 0 Å². The monoisotopic (exact) mass is 616 g/mol. The zero-order chi connectivity index (χ0) is 30.7. The van der Waals surface area contributed by atoms with Crippen molar-refractivity contribution >= 4 is 11.6 Å². The molecular formula is C36H40O9. The predicted octanol–water partition coefficient (Wildman–Crippen LogP) is 6.31. The van der Waals surface area contributed by atoms with E-state index in [4.69, 9.17) is 32.8 Å². The summed E-state index contributed by atoms with van der Waals surface area (Å²) in [5, 5.41) is 0. The summed E-state index contributed by atoms with van der Waals surface area (Å²) in [6, 6.07) is 19.5. The third kappa shape index (κ3) is 6.56. The lowest BCUT2D eigenvalue weighted by Gasteiger charge is -2.23. The molecule has 0 N–H and O–H groups in total. The zero-order valence-electron chi connectivity index (χ0n) is 25.4. The Labute approximate surface area is 263 Å². The van der Waals surface area contributed by atoms with Gasteiger partial charge in [0, 0.05) is 36.8 Å². The summed E-state index contributed by atoms with van der Waals surface area (Å²) in [5.41, 5.74) is 3.23. The number of hydrogen-bond donors (Lipinski definition) is 0. The van der Waals surface area contributed by atoms with Gasteiger partial charge in [0.05, 0.1) is 25.7 Å². The Hall–Kier alpha value is -3.18. The van der Waals surface area contributed by atoms with Crippen molar-refractivity contribution in [1.29, 1.82) is 0 Å². The maximum atomic E-state index is 13.6. The largest absolute Gasteiger partial charge is 0.472 e. The molecule has 1 aromatic heterocycles. The first-order valence-electron chi connectivity index (χ1n) is 16.1. The van der Waals surface area contributed by atoms with Gasteiger partial charge in [-0.1, -0.05) is 60.7 Å². The van der Waals surface area contributed by atoms with Crippen LogP contribution in [0.2, 0.25) is 0 Å². The molecule has 45 heavy (non-hydrogen) atoms. The van der Waals surface area contributed by atoms with Gasteiger partial charge in [0.1, 0.15) is 25.4 Å². The number of hydrogen-bond acceptors (Lipinski definition) is 9. The first kappa shape index (κ1) is 30.5. The van der Waals surface area contributed by atoms with Crippen LogP contribution in [-0.4, -0.2) is 48.6 Å². The molecule has 9 heteroatoms. The fourth-order valence-corrected chi connectivity index (χ4v) is 7.08. The van der Waals surface area contributed by atoms with Crippen molar-refractivity contribution in [2.24, 2.45) is 0 Å². The molecule has 0 radical (unpaired) electrons. The Bertz CT molecular complexity index is 1330. The van der Waals surface area contributed by atoms with Crippen molar-refractivity contribution < 1.29 is 42.4 Å². The van der Waals surface area contributed by atoms with Gasteiger partial charge in [-0.15, -0.1) is 0 Å². The molecule has 0 amide bonds. The first-order valence-corrected chi connectivity index (χ1v) is 16.1. The van der Waals surface area contributed by atoms with E-state index in [1.54, 1.807) is 12.5 Å². The molecule has 4 atom stereocenters. The van der Waals surface area contributed by atoms with E-state index in [1.165, 1.54) is 0 Å². The quantitative estimate of drug-likeness (QED) is 0.232. The average Bonchev–Trinajstić information content (AvgIpc) is 3.91. The fraction of sp³-hybridized carbons (Fsp3) is 0.500. The molecule has 3 heterocycles.